The van der Waals surface area contributed by atoms with E-state index in [-0.39, 0.29) is 12.8 Å². The molecule has 0 radical (unpaired) electrons. The summed E-state index contributed by atoms with van der Waals surface area (Å²) in [4.78, 5) is 28.7. The third-order valence-corrected chi connectivity index (χ3v) is 11.0. The summed E-state index contributed by atoms with van der Waals surface area (Å²) in [5.41, 5.74) is 7.61. The zero-order chi connectivity index (χ0) is 34.5. The van der Waals surface area contributed by atoms with Crippen molar-refractivity contribution in [2.75, 3.05) is 16.3 Å². The monoisotopic (exact) mass is 698 g/mol. The maximum absolute atomic E-state index is 11.6. The summed E-state index contributed by atoms with van der Waals surface area (Å²) in [6, 6.07) is 37.0. The summed E-state index contributed by atoms with van der Waals surface area (Å²) in [6.07, 6.45) is 10.4. The van der Waals surface area contributed by atoms with E-state index in [1.54, 1.807) is 23.1 Å². The van der Waals surface area contributed by atoms with E-state index in [2.05, 4.69) is 99.3 Å². The summed E-state index contributed by atoms with van der Waals surface area (Å²) in [5.74, 6) is -1.64. The Labute approximate surface area is 299 Å². The minimum absolute atomic E-state index is 0.0445. The molecule has 2 aliphatic rings. The predicted octanol–water partition coefficient (Wildman–Crippen LogP) is 9.42. The maximum atomic E-state index is 11.6. The number of aliphatic carboxylic acids is 2. The summed E-state index contributed by atoms with van der Waals surface area (Å²) in [5, 5.41) is 21.0. The number of hydrogen-bond acceptors (Lipinski definition) is 6. The van der Waals surface area contributed by atoms with Crippen molar-refractivity contribution in [3.8, 4) is 0 Å². The van der Waals surface area contributed by atoms with Crippen LogP contribution in [0.1, 0.15) is 30.7 Å². The zero-order valence-corrected chi connectivity index (χ0v) is 28.9. The summed E-state index contributed by atoms with van der Waals surface area (Å²) in [7, 11) is 0. The van der Waals surface area contributed by atoms with Gasteiger partial charge >= 0.3 is 11.9 Å². The van der Waals surface area contributed by atoms with Gasteiger partial charge in [0.05, 0.1) is 22.8 Å². The number of carboxylic acid groups (broad SMARTS) is 2. The van der Waals surface area contributed by atoms with E-state index in [0.717, 1.165) is 60.7 Å². The van der Waals surface area contributed by atoms with Crippen molar-refractivity contribution < 1.29 is 24.4 Å². The molecule has 2 heterocycles. The van der Waals surface area contributed by atoms with Crippen molar-refractivity contribution in [2.45, 2.75) is 37.1 Å². The van der Waals surface area contributed by atoms with Crippen molar-refractivity contribution in [1.29, 1.82) is 0 Å². The maximum Gasteiger partial charge on any atom is 0.309 e. The molecule has 0 spiro atoms. The molecule has 0 saturated heterocycles. The highest BCUT2D eigenvalue weighted by Crippen LogP contribution is 2.47. The number of thioether (sulfide) groups is 1. The van der Waals surface area contributed by atoms with Crippen LogP contribution in [-0.2, 0) is 16.1 Å². The molecule has 0 amide bonds. The topological polar surface area (TPSA) is 85.0 Å². The second-order valence-electron chi connectivity index (χ2n) is 12.0. The Morgan fingerprint density at radius 3 is 2.14 bits per heavy atom. The lowest BCUT2D eigenvalue weighted by atomic mass is 10.1. The first-order chi connectivity index (χ1) is 24.5. The van der Waals surface area contributed by atoms with Crippen LogP contribution < -0.4 is 14.4 Å². The number of aryl methyl sites for hydroxylation is 1. The van der Waals surface area contributed by atoms with Crippen LogP contribution in [-0.4, -0.2) is 28.7 Å². The standard InChI is InChI=1S/C41H35N3O4S2/c45-39(46)25-27-42-33-15-7-9-17-35(33)49-37(42)23-21-29-19-20-30(41(29)44(31-11-3-1-4-12-31)32-13-5-2-6-14-32)22-24-38-43(28-26-40(47)48)34-16-8-10-18-36(34)50-38/h1-18,21-24H,19-20,25-28H2,(H-,45,46,47,48)/p+1. The van der Waals surface area contributed by atoms with Crippen molar-refractivity contribution >= 4 is 68.4 Å². The Kier molecular flexibility index (Phi) is 9.96. The smallest absolute Gasteiger partial charge is 0.309 e. The number of benzene rings is 4. The lowest BCUT2D eigenvalue weighted by molar-refractivity contribution is -0.667. The van der Waals surface area contributed by atoms with Crippen molar-refractivity contribution in [2.24, 2.45) is 0 Å². The van der Waals surface area contributed by atoms with Gasteiger partial charge in [0.15, 0.2) is 6.54 Å². The molecule has 250 valence electrons. The fourth-order valence-electron chi connectivity index (χ4n) is 6.46. The fraction of sp³-hybridized carbons (Fsp3) is 0.146. The highest BCUT2D eigenvalue weighted by Gasteiger charge is 2.28. The lowest BCUT2D eigenvalue weighted by Crippen LogP contribution is -2.36. The molecule has 1 aromatic heterocycles. The van der Waals surface area contributed by atoms with Gasteiger partial charge in [0.1, 0.15) is 11.1 Å². The van der Waals surface area contributed by atoms with Crippen LogP contribution in [0.5, 0.6) is 0 Å². The SMILES string of the molecule is O=C(O)CCN1C(=CC=C2CCC(C=Cc3sc4ccccc4[n+]3CCC(=O)O)=C2N(c2ccccc2)c2ccccc2)Sc2ccccc21. The van der Waals surface area contributed by atoms with E-state index in [0.29, 0.717) is 13.1 Å². The number of carbonyl (C=O) groups is 2. The molecule has 0 atom stereocenters. The molecular weight excluding hydrogens is 663 g/mol. The number of carboxylic acids is 2. The number of anilines is 3. The molecule has 0 bridgehead atoms. The molecular formula is C41H36N3O4S2+. The van der Waals surface area contributed by atoms with Gasteiger partial charge in [0.2, 0.25) is 5.52 Å². The van der Waals surface area contributed by atoms with Gasteiger partial charge in [-0.2, -0.15) is 4.57 Å². The number of rotatable bonds is 12. The number of allylic oxidation sites excluding steroid dienone is 5. The molecule has 4 aromatic carbocycles. The number of fused-ring (bicyclic) bond motifs is 2. The molecule has 7 rings (SSSR count). The van der Waals surface area contributed by atoms with Crippen LogP contribution in [0.2, 0.25) is 0 Å². The Morgan fingerprint density at radius 2 is 1.42 bits per heavy atom. The molecule has 5 aromatic rings. The van der Waals surface area contributed by atoms with Gasteiger partial charge in [0.25, 0.3) is 5.01 Å². The first kappa shape index (κ1) is 33.1. The Morgan fingerprint density at radius 1 is 0.760 bits per heavy atom. The van der Waals surface area contributed by atoms with Crippen LogP contribution in [0.3, 0.4) is 0 Å². The Hall–Kier alpha value is -5.38. The van der Waals surface area contributed by atoms with Crippen LogP contribution >= 0.6 is 23.1 Å². The zero-order valence-electron chi connectivity index (χ0n) is 27.3. The summed E-state index contributed by atoms with van der Waals surface area (Å²) in [6.45, 7) is 0.782. The van der Waals surface area contributed by atoms with Gasteiger partial charge in [0, 0.05) is 35.0 Å². The van der Waals surface area contributed by atoms with Crippen molar-refractivity contribution in [3.63, 3.8) is 0 Å². The highest BCUT2D eigenvalue weighted by atomic mass is 32.2. The predicted molar refractivity (Wildman–Crippen MR) is 203 cm³/mol. The molecule has 7 nitrogen and oxygen atoms in total. The molecule has 50 heavy (non-hydrogen) atoms. The minimum atomic E-state index is -0.821. The Bertz CT molecular complexity index is 2130. The first-order valence-corrected chi connectivity index (χ1v) is 18.2. The first-order valence-electron chi connectivity index (χ1n) is 16.6. The third-order valence-electron chi connectivity index (χ3n) is 8.75. The average Bonchev–Trinajstić information content (AvgIpc) is 3.81. The number of para-hydroxylation sites is 4. The molecule has 1 aliphatic heterocycles. The van der Waals surface area contributed by atoms with Gasteiger partial charge in [-0.3, -0.25) is 9.59 Å². The summed E-state index contributed by atoms with van der Waals surface area (Å²) >= 11 is 3.33. The molecule has 2 N–H and O–H groups in total. The fourth-order valence-corrected chi connectivity index (χ4v) is 8.64. The Balaban J connectivity index is 1.34. The number of thiazole rings is 1. The van der Waals surface area contributed by atoms with Crippen LogP contribution in [0, 0.1) is 0 Å². The van der Waals surface area contributed by atoms with E-state index in [1.165, 1.54) is 11.1 Å². The van der Waals surface area contributed by atoms with Gasteiger partial charge < -0.3 is 20.0 Å². The van der Waals surface area contributed by atoms with Crippen LogP contribution in [0.25, 0.3) is 16.3 Å². The largest absolute Gasteiger partial charge is 0.481 e. The highest BCUT2D eigenvalue weighted by molar-refractivity contribution is 8.03. The second-order valence-corrected chi connectivity index (χ2v) is 14.1. The van der Waals surface area contributed by atoms with Crippen LogP contribution in [0.15, 0.2) is 154 Å². The molecule has 9 heteroatoms. The van der Waals surface area contributed by atoms with E-state index < -0.39 is 11.9 Å². The van der Waals surface area contributed by atoms with E-state index in [1.807, 2.05) is 48.5 Å². The minimum Gasteiger partial charge on any atom is -0.481 e. The van der Waals surface area contributed by atoms with Gasteiger partial charge in [-0.1, -0.05) is 89.8 Å². The molecule has 0 unspecified atom stereocenters. The third kappa shape index (κ3) is 7.15. The normalized spacial score (nSPS) is 15.9. The summed E-state index contributed by atoms with van der Waals surface area (Å²) < 4.78 is 3.22. The molecule has 0 fully saturated rings. The van der Waals surface area contributed by atoms with Gasteiger partial charge in [-0.25, -0.2) is 0 Å². The van der Waals surface area contributed by atoms with Crippen molar-refractivity contribution in [1.82, 2.24) is 0 Å². The van der Waals surface area contributed by atoms with Gasteiger partial charge in [-0.05, 0) is 78.6 Å². The van der Waals surface area contributed by atoms with Crippen LogP contribution in [0.4, 0.5) is 17.1 Å². The lowest BCUT2D eigenvalue weighted by Gasteiger charge is -2.28. The molecule has 0 saturated carbocycles. The number of nitrogens with zero attached hydrogens (tertiary/aromatic N) is 3. The van der Waals surface area contributed by atoms with E-state index in [9.17, 15) is 19.8 Å². The number of hydrogen-bond donors (Lipinski definition) is 2. The number of aromatic nitrogens is 1. The average molecular weight is 699 g/mol. The van der Waals surface area contributed by atoms with E-state index in [4.69, 9.17) is 0 Å². The second kappa shape index (κ2) is 15.0. The molecule has 1 aliphatic carbocycles. The quantitative estimate of drug-likeness (QED) is 0.126. The van der Waals surface area contributed by atoms with Gasteiger partial charge in [-0.15, -0.1) is 0 Å². The van der Waals surface area contributed by atoms with E-state index >= 15 is 0 Å². The van der Waals surface area contributed by atoms with Crippen molar-refractivity contribution in [3.05, 3.63) is 154 Å².